The summed E-state index contributed by atoms with van der Waals surface area (Å²) in [7, 11) is 0. The number of carbonyl (C=O) groups is 1. The summed E-state index contributed by atoms with van der Waals surface area (Å²) >= 11 is 0. The van der Waals surface area contributed by atoms with Crippen LogP contribution in [0.4, 0.5) is 5.82 Å². The van der Waals surface area contributed by atoms with Crippen molar-refractivity contribution in [3.8, 4) is 11.1 Å². The molecule has 1 aliphatic rings. The van der Waals surface area contributed by atoms with Gasteiger partial charge in [0.2, 0.25) is 5.91 Å². The zero-order chi connectivity index (χ0) is 14.1. The van der Waals surface area contributed by atoms with Crippen molar-refractivity contribution < 1.29 is 9.90 Å². The van der Waals surface area contributed by atoms with E-state index in [1.54, 1.807) is 6.20 Å². The second kappa shape index (κ2) is 5.03. The van der Waals surface area contributed by atoms with E-state index in [4.69, 9.17) is 5.73 Å². The molecule has 1 aliphatic heterocycles. The molecule has 2 aromatic rings. The van der Waals surface area contributed by atoms with Gasteiger partial charge in [-0.3, -0.25) is 9.69 Å². The molecule has 5 heteroatoms. The Morgan fingerprint density at radius 1 is 1.20 bits per heavy atom. The highest BCUT2D eigenvalue weighted by Gasteiger charge is 2.31. The minimum atomic E-state index is -0.744. The number of fused-ring (bicyclic) bond motifs is 3. The Balaban J connectivity index is 2.28. The van der Waals surface area contributed by atoms with Crippen LogP contribution in [0.5, 0.6) is 0 Å². The highest BCUT2D eigenvalue weighted by molar-refractivity contribution is 6.03. The normalized spacial score (nSPS) is 17.4. The molecule has 2 heterocycles. The molecule has 1 amide bonds. The number of amides is 1. The number of carbonyl (C=O) groups excluding carboxylic acids is 1. The average Bonchev–Trinajstić information content (AvgIpc) is 2.58. The fourth-order valence-electron chi connectivity index (χ4n) is 2.56. The van der Waals surface area contributed by atoms with Gasteiger partial charge in [0, 0.05) is 11.8 Å². The van der Waals surface area contributed by atoms with Crippen LogP contribution in [0.2, 0.25) is 0 Å². The molecule has 0 bridgehead atoms. The van der Waals surface area contributed by atoms with E-state index in [1.807, 2.05) is 36.4 Å². The predicted molar refractivity (Wildman–Crippen MR) is 76.0 cm³/mol. The number of aliphatic hydroxyl groups excluding tert-OH is 1. The van der Waals surface area contributed by atoms with Crippen LogP contribution in [0.15, 0.2) is 42.6 Å². The predicted octanol–water partition coefficient (Wildman–Crippen LogP) is 1.09. The first-order valence-electron chi connectivity index (χ1n) is 6.46. The molecular weight excluding hydrogens is 254 g/mol. The topological polar surface area (TPSA) is 79.5 Å². The Morgan fingerprint density at radius 3 is 2.75 bits per heavy atom. The van der Waals surface area contributed by atoms with E-state index in [0.29, 0.717) is 5.82 Å². The molecule has 0 saturated heterocycles. The number of hydrogen-bond donors (Lipinski definition) is 2. The van der Waals surface area contributed by atoms with Gasteiger partial charge in [0.05, 0.1) is 13.2 Å². The molecular formula is C15H15N3O2. The first-order chi connectivity index (χ1) is 9.74. The fraction of sp³-hybridized carbons (Fsp3) is 0.200. The van der Waals surface area contributed by atoms with E-state index in [2.05, 4.69) is 4.98 Å². The van der Waals surface area contributed by atoms with Gasteiger partial charge in [0.15, 0.2) is 0 Å². The van der Waals surface area contributed by atoms with Crippen LogP contribution in [0.1, 0.15) is 11.6 Å². The third-order valence-corrected chi connectivity index (χ3v) is 3.48. The highest BCUT2D eigenvalue weighted by atomic mass is 16.3. The molecule has 1 unspecified atom stereocenters. The third kappa shape index (κ3) is 1.88. The van der Waals surface area contributed by atoms with Gasteiger partial charge in [0.1, 0.15) is 11.9 Å². The van der Waals surface area contributed by atoms with Crippen molar-refractivity contribution in [1.82, 2.24) is 4.98 Å². The van der Waals surface area contributed by atoms with Crippen molar-refractivity contribution in [3.63, 3.8) is 0 Å². The van der Waals surface area contributed by atoms with Crippen molar-refractivity contribution in [2.45, 2.75) is 6.04 Å². The number of nitrogens with two attached hydrogens (primary N) is 1. The van der Waals surface area contributed by atoms with Crippen LogP contribution >= 0.6 is 0 Å². The number of β-amino-alcohol motifs (C(OH)–C–C–N with tert-alkyl or cyclic N) is 1. The fourth-order valence-corrected chi connectivity index (χ4v) is 2.56. The molecule has 3 rings (SSSR count). The van der Waals surface area contributed by atoms with E-state index in [0.717, 1.165) is 16.7 Å². The van der Waals surface area contributed by atoms with Gasteiger partial charge in [-0.05, 0) is 23.3 Å². The number of pyridine rings is 1. The molecule has 102 valence electrons. The lowest BCUT2D eigenvalue weighted by Gasteiger charge is -2.22. The third-order valence-electron chi connectivity index (χ3n) is 3.48. The molecule has 0 fully saturated rings. The molecule has 0 spiro atoms. The van der Waals surface area contributed by atoms with E-state index < -0.39 is 6.04 Å². The second-order valence-corrected chi connectivity index (χ2v) is 4.65. The van der Waals surface area contributed by atoms with Crippen LogP contribution in [0.3, 0.4) is 0 Å². The Kier molecular flexibility index (Phi) is 3.22. The SMILES string of the molecule is NC1C(=O)N(CCO)c2ncccc2-c2ccccc21. The summed E-state index contributed by atoms with van der Waals surface area (Å²) in [5.74, 6) is 0.302. The first-order valence-corrected chi connectivity index (χ1v) is 6.46. The zero-order valence-corrected chi connectivity index (χ0v) is 10.9. The van der Waals surface area contributed by atoms with Gasteiger partial charge < -0.3 is 10.8 Å². The molecule has 1 atom stereocenters. The number of anilines is 1. The number of benzene rings is 1. The molecule has 20 heavy (non-hydrogen) atoms. The first kappa shape index (κ1) is 12.8. The largest absolute Gasteiger partial charge is 0.395 e. The number of hydrogen-bond acceptors (Lipinski definition) is 4. The van der Waals surface area contributed by atoms with Crippen LogP contribution in [0, 0.1) is 0 Å². The molecule has 0 aliphatic carbocycles. The summed E-state index contributed by atoms with van der Waals surface area (Å²) < 4.78 is 0. The summed E-state index contributed by atoms with van der Waals surface area (Å²) in [5.41, 5.74) is 8.65. The lowest BCUT2D eigenvalue weighted by Crippen LogP contribution is -2.40. The molecule has 1 aromatic heterocycles. The lowest BCUT2D eigenvalue weighted by atomic mass is 9.97. The van der Waals surface area contributed by atoms with E-state index in [-0.39, 0.29) is 19.1 Å². The average molecular weight is 269 g/mol. The second-order valence-electron chi connectivity index (χ2n) is 4.65. The molecule has 1 aromatic carbocycles. The van der Waals surface area contributed by atoms with Crippen molar-refractivity contribution >= 4 is 11.7 Å². The molecule has 0 radical (unpaired) electrons. The van der Waals surface area contributed by atoms with Crippen LogP contribution < -0.4 is 10.6 Å². The van der Waals surface area contributed by atoms with E-state index in [1.165, 1.54) is 4.90 Å². The molecule has 3 N–H and O–H groups in total. The maximum atomic E-state index is 12.5. The van der Waals surface area contributed by atoms with E-state index >= 15 is 0 Å². The van der Waals surface area contributed by atoms with Crippen LogP contribution in [-0.2, 0) is 4.79 Å². The van der Waals surface area contributed by atoms with E-state index in [9.17, 15) is 9.90 Å². The van der Waals surface area contributed by atoms with Crippen molar-refractivity contribution in [2.24, 2.45) is 5.73 Å². The monoisotopic (exact) mass is 269 g/mol. The van der Waals surface area contributed by atoms with Gasteiger partial charge in [-0.1, -0.05) is 24.3 Å². The number of nitrogens with zero attached hydrogens (tertiary/aromatic N) is 2. The Labute approximate surface area is 116 Å². The van der Waals surface area contributed by atoms with Gasteiger partial charge in [-0.15, -0.1) is 0 Å². The van der Waals surface area contributed by atoms with Gasteiger partial charge in [0.25, 0.3) is 0 Å². The summed E-state index contributed by atoms with van der Waals surface area (Å²) in [5, 5.41) is 9.19. The van der Waals surface area contributed by atoms with Crippen LogP contribution in [-0.4, -0.2) is 29.1 Å². The molecule has 5 nitrogen and oxygen atoms in total. The van der Waals surface area contributed by atoms with Gasteiger partial charge in [-0.25, -0.2) is 4.98 Å². The summed E-state index contributed by atoms with van der Waals surface area (Å²) in [6, 6.07) is 10.6. The maximum absolute atomic E-state index is 12.5. The van der Waals surface area contributed by atoms with Gasteiger partial charge in [-0.2, -0.15) is 0 Å². The minimum absolute atomic E-state index is 0.134. The number of aliphatic hydroxyl groups is 1. The zero-order valence-electron chi connectivity index (χ0n) is 10.9. The number of rotatable bonds is 2. The smallest absolute Gasteiger partial charge is 0.249 e. The van der Waals surface area contributed by atoms with Crippen molar-refractivity contribution in [1.29, 1.82) is 0 Å². The van der Waals surface area contributed by atoms with Gasteiger partial charge >= 0.3 is 0 Å². The Bertz CT molecular complexity index is 657. The number of aromatic nitrogens is 1. The lowest BCUT2D eigenvalue weighted by molar-refractivity contribution is -0.120. The van der Waals surface area contributed by atoms with Crippen molar-refractivity contribution in [3.05, 3.63) is 48.2 Å². The maximum Gasteiger partial charge on any atom is 0.249 e. The quantitative estimate of drug-likeness (QED) is 0.855. The van der Waals surface area contributed by atoms with Crippen molar-refractivity contribution in [2.75, 3.05) is 18.1 Å². The highest BCUT2D eigenvalue weighted by Crippen LogP contribution is 2.37. The Hall–Kier alpha value is -2.24. The summed E-state index contributed by atoms with van der Waals surface area (Å²) in [6.45, 7) is 0.0509. The summed E-state index contributed by atoms with van der Waals surface area (Å²) in [6.07, 6.45) is 1.63. The molecule has 0 saturated carbocycles. The standard InChI is InChI=1S/C15H15N3O2/c16-13-11-5-2-1-4-10(11)12-6-3-7-17-14(12)18(8-9-19)15(13)20/h1-7,13,19H,8-9,16H2. The summed E-state index contributed by atoms with van der Waals surface area (Å²) in [4.78, 5) is 18.3. The minimum Gasteiger partial charge on any atom is -0.395 e. The van der Waals surface area contributed by atoms with Crippen LogP contribution in [0.25, 0.3) is 11.1 Å². The Morgan fingerprint density at radius 2 is 1.95 bits per heavy atom.